The standard InChI is InChI=1S/C12H21N3O/c1-10-9-16-14-11(10)8-15-7-6-13-5-4-12(15,2)3/h9,13H,4-8H2,1-3H3. The molecule has 0 saturated carbocycles. The van der Waals surface area contributed by atoms with E-state index in [1.165, 1.54) is 6.42 Å². The summed E-state index contributed by atoms with van der Waals surface area (Å²) in [6, 6.07) is 0. The second kappa shape index (κ2) is 4.55. The number of aryl methyl sites for hydroxylation is 1. The molecular weight excluding hydrogens is 202 g/mol. The van der Waals surface area contributed by atoms with Crippen molar-refractivity contribution in [3.63, 3.8) is 0 Å². The second-order valence-electron chi connectivity index (χ2n) is 5.18. The molecule has 1 aliphatic heterocycles. The molecule has 1 fully saturated rings. The molecule has 2 heterocycles. The van der Waals surface area contributed by atoms with Crippen LogP contribution in [0.15, 0.2) is 10.8 Å². The van der Waals surface area contributed by atoms with Gasteiger partial charge >= 0.3 is 0 Å². The molecule has 4 nitrogen and oxygen atoms in total. The zero-order valence-corrected chi connectivity index (χ0v) is 10.4. The van der Waals surface area contributed by atoms with Crippen LogP contribution in [-0.2, 0) is 6.54 Å². The van der Waals surface area contributed by atoms with E-state index >= 15 is 0 Å². The zero-order chi connectivity index (χ0) is 11.6. The lowest BCUT2D eigenvalue weighted by Gasteiger charge is -2.36. The van der Waals surface area contributed by atoms with Gasteiger partial charge in [-0.15, -0.1) is 0 Å². The molecule has 1 saturated heterocycles. The minimum atomic E-state index is 0.231. The summed E-state index contributed by atoms with van der Waals surface area (Å²) in [6.45, 7) is 10.8. The molecule has 0 atom stereocenters. The molecule has 0 aliphatic carbocycles. The maximum Gasteiger partial charge on any atom is 0.127 e. The van der Waals surface area contributed by atoms with Crippen molar-refractivity contribution in [3.8, 4) is 0 Å². The van der Waals surface area contributed by atoms with E-state index in [9.17, 15) is 0 Å². The fourth-order valence-corrected chi connectivity index (χ4v) is 2.13. The highest BCUT2D eigenvalue weighted by molar-refractivity contribution is 5.12. The Hall–Kier alpha value is -0.870. The molecule has 2 rings (SSSR count). The smallest absolute Gasteiger partial charge is 0.127 e. The van der Waals surface area contributed by atoms with Crippen molar-refractivity contribution in [2.75, 3.05) is 19.6 Å². The van der Waals surface area contributed by atoms with Crippen molar-refractivity contribution in [1.29, 1.82) is 0 Å². The number of aromatic nitrogens is 1. The summed E-state index contributed by atoms with van der Waals surface area (Å²) in [5.74, 6) is 0. The first-order chi connectivity index (χ1) is 7.59. The van der Waals surface area contributed by atoms with Gasteiger partial charge in [0.15, 0.2) is 0 Å². The normalized spacial score (nSPS) is 21.9. The minimum Gasteiger partial charge on any atom is -0.364 e. The van der Waals surface area contributed by atoms with Crippen LogP contribution in [0.25, 0.3) is 0 Å². The molecule has 0 unspecified atom stereocenters. The van der Waals surface area contributed by atoms with Crippen LogP contribution in [0.2, 0.25) is 0 Å². The number of nitrogens with zero attached hydrogens (tertiary/aromatic N) is 2. The monoisotopic (exact) mass is 223 g/mol. The molecule has 0 amide bonds. The van der Waals surface area contributed by atoms with Crippen LogP contribution in [0.1, 0.15) is 31.5 Å². The Balaban J connectivity index is 2.09. The van der Waals surface area contributed by atoms with Gasteiger partial charge in [-0.25, -0.2) is 0 Å². The minimum absolute atomic E-state index is 0.231. The van der Waals surface area contributed by atoms with Gasteiger partial charge in [-0.3, -0.25) is 4.90 Å². The first kappa shape index (κ1) is 11.6. The van der Waals surface area contributed by atoms with Gasteiger partial charge in [0.25, 0.3) is 0 Å². The molecule has 1 aliphatic rings. The van der Waals surface area contributed by atoms with Crippen LogP contribution >= 0.6 is 0 Å². The maximum atomic E-state index is 4.99. The lowest BCUT2D eigenvalue weighted by molar-refractivity contribution is 0.116. The van der Waals surface area contributed by atoms with Gasteiger partial charge in [-0.1, -0.05) is 5.16 Å². The molecule has 0 radical (unpaired) electrons. The first-order valence-corrected chi connectivity index (χ1v) is 5.95. The summed E-state index contributed by atoms with van der Waals surface area (Å²) in [7, 11) is 0. The predicted octanol–water partition coefficient (Wildman–Crippen LogP) is 1.56. The van der Waals surface area contributed by atoms with Crippen molar-refractivity contribution in [3.05, 3.63) is 17.5 Å². The Morgan fingerprint density at radius 3 is 3.00 bits per heavy atom. The topological polar surface area (TPSA) is 41.3 Å². The quantitative estimate of drug-likeness (QED) is 0.826. The average Bonchev–Trinajstić information content (AvgIpc) is 2.53. The molecule has 1 aromatic heterocycles. The molecule has 0 spiro atoms. The third-order valence-electron chi connectivity index (χ3n) is 3.52. The molecule has 0 aromatic carbocycles. The number of hydrogen-bond donors (Lipinski definition) is 1. The summed E-state index contributed by atoms with van der Waals surface area (Å²) in [6.07, 6.45) is 2.89. The SMILES string of the molecule is Cc1conc1CN1CCNCCC1(C)C. The van der Waals surface area contributed by atoms with Gasteiger partial charge in [0.05, 0.1) is 0 Å². The lowest BCUT2D eigenvalue weighted by atomic mass is 9.98. The summed E-state index contributed by atoms with van der Waals surface area (Å²) in [5, 5.41) is 7.51. The number of hydrogen-bond acceptors (Lipinski definition) is 4. The molecule has 1 N–H and O–H groups in total. The third kappa shape index (κ3) is 2.44. The highest BCUT2D eigenvalue weighted by Crippen LogP contribution is 2.22. The Kier molecular flexibility index (Phi) is 3.30. The van der Waals surface area contributed by atoms with Gasteiger partial charge in [-0.2, -0.15) is 0 Å². The summed E-state index contributed by atoms with van der Waals surface area (Å²) in [5.41, 5.74) is 2.44. The molecule has 0 bridgehead atoms. The van der Waals surface area contributed by atoms with E-state index in [4.69, 9.17) is 4.52 Å². The third-order valence-corrected chi connectivity index (χ3v) is 3.52. The Morgan fingerprint density at radius 2 is 2.31 bits per heavy atom. The number of rotatable bonds is 2. The van der Waals surface area contributed by atoms with Gasteiger partial charge in [0, 0.05) is 30.7 Å². The van der Waals surface area contributed by atoms with Crippen LogP contribution in [0.3, 0.4) is 0 Å². The van der Waals surface area contributed by atoms with E-state index in [0.29, 0.717) is 0 Å². The number of nitrogens with one attached hydrogen (secondary N) is 1. The van der Waals surface area contributed by atoms with Crippen LogP contribution in [0.4, 0.5) is 0 Å². The average molecular weight is 223 g/mol. The van der Waals surface area contributed by atoms with Crippen molar-refractivity contribution in [2.45, 2.75) is 39.3 Å². The summed E-state index contributed by atoms with van der Waals surface area (Å²) < 4.78 is 4.99. The second-order valence-corrected chi connectivity index (χ2v) is 5.18. The van der Waals surface area contributed by atoms with Crippen molar-refractivity contribution >= 4 is 0 Å². The maximum absolute atomic E-state index is 4.99. The highest BCUT2D eigenvalue weighted by atomic mass is 16.5. The fraction of sp³-hybridized carbons (Fsp3) is 0.750. The summed E-state index contributed by atoms with van der Waals surface area (Å²) in [4.78, 5) is 2.48. The molecule has 4 heteroatoms. The predicted molar refractivity (Wildman–Crippen MR) is 63.2 cm³/mol. The largest absolute Gasteiger partial charge is 0.364 e. The van der Waals surface area contributed by atoms with E-state index in [2.05, 4.69) is 36.1 Å². The Labute approximate surface area is 97.0 Å². The van der Waals surface area contributed by atoms with Crippen LogP contribution in [0.5, 0.6) is 0 Å². The highest BCUT2D eigenvalue weighted by Gasteiger charge is 2.28. The Bertz CT molecular complexity index is 346. The summed E-state index contributed by atoms with van der Waals surface area (Å²) >= 11 is 0. The lowest BCUT2D eigenvalue weighted by Crippen LogP contribution is -2.43. The van der Waals surface area contributed by atoms with E-state index in [1.54, 1.807) is 6.26 Å². The van der Waals surface area contributed by atoms with Gasteiger partial charge in [-0.05, 0) is 33.7 Å². The van der Waals surface area contributed by atoms with Crippen molar-refractivity contribution < 1.29 is 4.52 Å². The first-order valence-electron chi connectivity index (χ1n) is 5.95. The van der Waals surface area contributed by atoms with Crippen molar-refractivity contribution in [1.82, 2.24) is 15.4 Å². The van der Waals surface area contributed by atoms with Crippen molar-refractivity contribution in [2.24, 2.45) is 0 Å². The van der Waals surface area contributed by atoms with Gasteiger partial charge < -0.3 is 9.84 Å². The Morgan fingerprint density at radius 1 is 1.50 bits per heavy atom. The molecular formula is C12H21N3O. The van der Waals surface area contributed by atoms with E-state index in [1.807, 2.05) is 0 Å². The zero-order valence-electron chi connectivity index (χ0n) is 10.4. The van der Waals surface area contributed by atoms with E-state index in [-0.39, 0.29) is 5.54 Å². The molecule has 1 aromatic rings. The molecule has 16 heavy (non-hydrogen) atoms. The van der Waals surface area contributed by atoms with Crippen LogP contribution in [0, 0.1) is 6.92 Å². The van der Waals surface area contributed by atoms with Crippen LogP contribution < -0.4 is 5.32 Å². The van der Waals surface area contributed by atoms with Gasteiger partial charge in [0.1, 0.15) is 12.0 Å². The van der Waals surface area contributed by atoms with Crippen LogP contribution in [-0.4, -0.2) is 35.2 Å². The molecule has 90 valence electrons. The van der Waals surface area contributed by atoms with E-state index in [0.717, 1.165) is 37.4 Å². The fourth-order valence-electron chi connectivity index (χ4n) is 2.13. The van der Waals surface area contributed by atoms with E-state index < -0.39 is 0 Å². The van der Waals surface area contributed by atoms with Gasteiger partial charge in [0.2, 0.25) is 0 Å².